The highest BCUT2D eigenvalue weighted by Gasteiger charge is 2.23. The van der Waals surface area contributed by atoms with Crippen LogP contribution in [0.3, 0.4) is 0 Å². The molecule has 5 nitrogen and oxygen atoms in total. The Hall–Kier alpha value is -1.91. The summed E-state index contributed by atoms with van der Waals surface area (Å²) in [6, 6.07) is 8.15. The van der Waals surface area contributed by atoms with Gasteiger partial charge < -0.3 is 5.73 Å². The summed E-state index contributed by atoms with van der Waals surface area (Å²) in [6.45, 7) is 2.32. The van der Waals surface area contributed by atoms with Gasteiger partial charge in [-0.1, -0.05) is 6.92 Å². The van der Waals surface area contributed by atoms with Crippen LogP contribution in [-0.4, -0.2) is 20.2 Å². The third-order valence-corrected chi connectivity index (χ3v) is 3.99. The van der Waals surface area contributed by atoms with Gasteiger partial charge in [0.1, 0.15) is 0 Å². The number of anilines is 1. The summed E-state index contributed by atoms with van der Waals surface area (Å²) < 4.78 is 1.98. The third kappa shape index (κ3) is 2.45. The number of nitrogen functional groups attached to an aromatic ring is 1. The van der Waals surface area contributed by atoms with Gasteiger partial charge in [0.25, 0.3) is 0 Å². The Morgan fingerprint density at radius 2 is 1.79 bits per heavy atom. The molecular weight excluding hydrogens is 238 g/mol. The fourth-order valence-electron chi connectivity index (χ4n) is 2.75. The summed E-state index contributed by atoms with van der Waals surface area (Å²) in [7, 11) is 0. The van der Waals surface area contributed by atoms with E-state index >= 15 is 0 Å². The molecule has 1 aromatic carbocycles. The van der Waals surface area contributed by atoms with Gasteiger partial charge in [-0.3, -0.25) is 0 Å². The van der Waals surface area contributed by atoms with Crippen LogP contribution in [0.1, 0.15) is 38.6 Å². The number of hydrogen-bond acceptors (Lipinski definition) is 4. The zero-order valence-corrected chi connectivity index (χ0v) is 11.2. The molecular formula is C14H19N5. The molecule has 0 aliphatic heterocycles. The minimum atomic E-state index is 0.429. The van der Waals surface area contributed by atoms with Gasteiger partial charge in [-0.2, -0.15) is 0 Å². The first-order chi connectivity index (χ1) is 9.24. The van der Waals surface area contributed by atoms with Gasteiger partial charge in [0.05, 0.1) is 6.04 Å². The predicted octanol–water partition coefficient (Wildman–Crippen LogP) is 2.67. The third-order valence-electron chi connectivity index (χ3n) is 3.99. The Morgan fingerprint density at radius 1 is 1.11 bits per heavy atom. The average Bonchev–Trinajstić information content (AvgIpc) is 2.90. The first-order valence-electron chi connectivity index (χ1n) is 6.88. The first-order valence-corrected chi connectivity index (χ1v) is 6.88. The number of nitrogens with two attached hydrogens (primary N) is 1. The number of tetrazole rings is 1. The number of nitrogens with zero attached hydrogens (tertiary/aromatic N) is 4. The molecule has 19 heavy (non-hydrogen) atoms. The highest BCUT2D eigenvalue weighted by atomic mass is 15.5. The van der Waals surface area contributed by atoms with E-state index < -0.39 is 0 Å². The quantitative estimate of drug-likeness (QED) is 0.840. The molecule has 1 aromatic heterocycles. The van der Waals surface area contributed by atoms with Crippen LogP contribution in [0.2, 0.25) is 0 Å². The van der Waals surface area contributed by atoms with Crippen LogP contribution >= 0.6 is 0 Å². The van der Waals surface area contributed by atoms with Crippen molar-refractivity contribution in [1.82, 2.24) is 20.2 Å². The second-order valence-corrected chi connectivity index (χ2v) is 5.48. The molecule has 0 radical (unpaired) electrons. The molecule has 0 amide bonds. The fourth-order valence-corrected chi connectivity index (χ4v) is 2.75. The van der Waals surface area contributed by atoms with Gasteiger partial charge >= 0.3 is 0 Å². The molecule has 2 N–H and O–H groups in total. The fraction of sp³-hybridized carbons (Fsp3) is 0.500. The minimum Gasteiger partial charge on any atom is -0.399 e. The number of hydrogen-bond donors (Lipinski definition) is 1. The second-order valence-electron chi connectivity index (χ2n) is 5.48. The summed E-state index contributed by atoms with van der Waals surface area (Å²) in [5.74, 6) is 1.67. The van der Waals surface area contributed by atoms with E-state index in [0.717, 1.165) is 35.8 Å². The topological polar surface area (TPSA) is 69.6 Å². The van der Waals surface area contributed by atoms with E-state index in [1.165, 1.54) is 12.8 Å². The van der Waals surface area contributed by atoms with Crippen LogP contribution in [-0.2, 0) is 0 Å². The van der Waals surface area contributed by atoms with Crippen LogP contribution in [0.5, 0.6) is 0 Å². The maximum Gasteiger partial charge on any atom is 0.182 e. The molecule has 0 spiro atoms. The minimum absolute atomic E-state index is 0.429. The van der Waals surface area contributed by atoms with E-state index in [0.29, 0.717) is 6.04 Å². The molecule has 0 unspecified atom stereocenters. The lowest BCUT2D eigenvalue weighted by Crippen LogP contribution is -2.18. The Labute approximate surface area is 112 Å². The van der Waals surface area contributed by atoms with Crippen LogP contribution in [0.4, 0.5) is 5.69 Å². The summed E-state index contributed by atoms with van der Waals surface area (Å²) in [5, 5.41) is 12.2. The van der Waals surface area contributed by atoms with E-state index in [-0.39, 0.29) is 0 Å². The predicted molar refractivity (Wildman–Crippen MR) is 74.3 cm³/mol. The van der Waals surface area contributed by atoms with Crippen LogP contribution < -0.4 is 5.73 Å². The second kappa shape index (κ2) is 4.99. The lowest BCUT2D eigenvalue weighted by molar-refractivity contribution is 0.272. The van der Waals surface area contributed by atoms with Crippen molar-refractivity contribution >= 4 is 5.69 Å². The van der Waals surface area contributed by atoms with Gasteiger partial charge in [0, 0.05) is 11.3 Å². The van der Waals surface area contributed by atoms with Crippen molar-refractivity contribution in [3.63, 3.8) is 0 Å². The van der Waals surface area contributed by atoms with E-state index in [4.69, 9.17) is 5.73 Å². The Morgan fingerprint density at radius 3 is 2.47 bits per heavy atom. The first kappa shape index (κ1) is 12.1. The molecule has 1 aliphatic rings. The van der Waals surface area contributed by atoms with E-state index in [2.05, 4.69) is 22.4 Å². The summed E-state index contributed by atoms with van der Waals surface area (Å²) in [5.41, 5.74) is 7.50. The van der Waals surface area contributed by atoms with Gasteiger partial charge in [-0.05, 0) is 66.3 Å². The standard InChI is InChI=1S/C14H19N5/c1-10-2-8-13(9-3-10)19-14(16-17-18-19)11-4-6-12(15)7-5-11/h4-7,10,13H,2-3,8-9,15H2,1H3. The van der Waals surface area contributed by atoms with Crippen LogP contribution in [0, 0.1) is 5.92 Å². The highest BCUT2D eigenvalue weighted by molar-refractivity contribution is 5.58. The number of rotatable bonds is 2. The largest absolute Gasteiger partial charge is 0.399 e. The van der Waals surface area contributed by atoms with Crippen LogP contribution in [0.15, 0.2) is 24.3 Å². The molecule has 5 heteroatoms. The number of aromatic nitrogens is 4. The van der Waals surface area contributed by atoms with Crippen molar-refractivity contribution in [1.29, 1.82) is 0 Å². The normalized spacial score (nSPS) is 23.4. The van der Waals surface area contributed by atoms with Crippen molar-refractivity contribution < 1.29 is 0 Å². The molecule has 0 bridgehead atoms. The molecule has 2 aromatic rings. The van der Waals surface area contributed by atoms with Gasteiger partial charge in [0.2, 0.25) is 0 Å². The molecule has 1 saturated carbocycles. The van der Waals surface area contributed by atoms with Crippen LogP contribution in [0.25, 0.3) is 11.4 Å². The maximum atomic E-state index is 5.72. The van der Waals surface area contributed by atoms with Crippen molar-refractivity contribution in [2.24, 2.45) is 5.92 Å². The SMILES string of the molecule is CC1CCC(n2nnnc2-c2ccc(N)cc2)CC1. The summed E-state index contributed by atoms with van der Waals surface area (Å²) in [4.78, 5) is 0. The molecule has 3 rings (SSSR count). The zero-order valence-electron chi connectivity index (χ0n) is 11.2. The van der Waals surface area contributed by atoms with Crippen molar-refractivity contribution in [3.8, 4) is 11.4 Å². The molecule has 1 fully saturated rings. The van der Waals surface area contributed by atoms with Gasteiger partial charge in [-0.25, -0.2) is 4.68 Å². The Kier molecular flexibility index (Phi) is 3.19. The monoisotopic (exact) mass is 257 g/mol. The lowest BCUT2D eigenvalue weighted by Gasteiger charge is -2.26. The Balaban J connectivity index is 1.88. The zero-order chi connectivity index (χ0) is 13.2. The summed E-state index contributed by atoms with van der Waals surface area (Å²) >= 11 is 0. The highest BCUT2D eigenvalue weighted by Crippen LogP contribution is 2.33. The van der Waals surface area contributed by atoms with Crippen molar-refractivity contribution in [3.05, 3.63) is 24.3 Å². The average molecular weight is 257 g/mol. The molecule has 0 saturated heterocycles. The van der Waals surface area contributed by atoms with Crippen molar-refractivity contribution in [2.45, 2.75) is 38.6 Å². The van der Waals surface area contributed by atoms with Gasteiger partial charge in [0.15, 0.2) is 5.82 Å². The van der Waals surface area contributed by atoms with Crippen molar-refractivity contribution in [2.75, 3.05) is 5.73 Å². The Bertz CT molecular complexity index is 537. The molecule has 1 aliphatic carbocycles. The smallest absolute Gasteiger partial charge is 0.182 e. The van der Waals surface area contributed by atoms with E-state index in [9.17, 15) is 0 Å². The molecule has 100 valence electrons. The lowest BCUT2D eigenvalue weighted by atomic mass is 9.87. The molecule has 0 atom stereocenters. The van der Waals surface area contributed by atoms with E-state index in [1.807, 2.05) is 28.9 Å². The maximum absolute atomic E-state index is 5.72. The van der Waals surface area contributed by atoms with E-state index in [1.54, 1.807) is 0 Å². The van der Waals surface area contributed by atoms with Gasteiger partial charge in [-0.15, -0.1) is 5.10 Å². The number of benzene rings is 1. The summed E-state index contributed by atoms with van der Waals surface area (Å²) in [6.07, 6.45) is 4.83. The molecule has 1 heterocycles.